The summed E-state index contributed by atoms with van der Waals surface area (Å²) >= 11 is 0. The number of hydrogen-bond acceptors (Lipinski definition) is 5. The minimum atomic E-state index is -0.470. The quantitative estimate of drug-likeness (QED) is 0.821. The third-order valence-corrected chi connectivity index (χ3v) is 5.22. The first-order chi connectivity index (χ1) is 12.7. The van der Waals surface area contributed by atoms with E-state index in [0.29, 0.717) is 31.6 Å². The molecule has 1 aliphatic carbocycles. The van der Waals surface area contributed by atoms with Crippen LogP contribution in [-0.2, 0) is 23.3 Å². The molecule has 0 saturated heterocycles. The predicted molar refractivity (Wildman–Crippen MR) is 94.4 cm³/mol. The van der Waals surface area contributed by atoms with Crippen molar-refractivity contribution in [1.29, 1.82) is 0 Å². The number of nitrogens with zero attached hydrogens (tertiary/aromatic N) is 4. The second-order valence-corrected chi connectivity index (χ2v) is 6.91. The van der Waals surface area contributed by atoms with Crippen LogP contribution in [0.3, 0.4) is 0 Å². The third-order valence-electron chi connectivity index (χ3n) is 5.22. The van der Waals surface area contributed by atoms with E-state index in [1.54, 1.807) is 4.68 Å². The largest absolute Gasteiger partial charge is 0.368 e. The molecule has 1 aromatic carbocycles. The van der Waals surface area contributed by atoms with Gasteiger partial charge in [-0.25, -0.2) is 9.48 Å². The van der Waals surface area contributed by atoms with Gasteiger partial charge in [0.2, 0.25) is 0 Å². The molecule has 2 aromatic rings. The Morgan fingerprint density at radius 1 is 1.35 bits per heavy atom. The van der Waals surface area contributed by atoms with Gasteiger partial charge < -0.3 is 15.4 Å². The molecule has 2 aliphatic rings. The molecule has 8 heteroatoms. The Bertz CT molecular complexity index is 787. The van der Waals surface area contributed by atoms with Crippen LogP contribution in [0.5, 0.6) is 0 Å². The van der Waals surface area contributed by atoms with Crippen LogP contribution in [0.4, 0.5) is 4.79 Å². The van der Waals surface area contributed by atoms with Crippen molar-refractivity contribution in [3.63, 3.8) is 0 Å². The summed E-state index contributed by atoms with van der Waals surface area (Å²) in [6, 6.07) is 8.46. The molecule has 1 aromatic heterocycles. The fourth-order valence-electron chi connectivity index (χ4n) is 3.56. The van der Waals surface area contributed by atoms with Crippen molar-refractivity contribution in [2.24, 2.45) is 0 Å². The van der Waals surface area contributed by atoms with Crippen LogP contribution in [-0.4, -0.2) is 39.4 Å². The van der Waals surface area contributed by atoms with E-state index in [1.165, 1.54) is 11.1 Å². The summed E-state index contributed by atoms with van der Waals surface area (Å²) in [5.74, 6) is 0.687. The Morgan fingerprint density at radius 3 is 3.00 bits per heavy atom. The number of carbonyl (C=O) groups is 1. The van der Waals surface area contributed by atoms with Crippen molar-refractivity contribution >= 4 is 6.03 Å². The molecule has 1 saturated carbocycles. The van der Waals surface area contributed by atoms with Gasteiger partial charge in [-0.1, -0.05) is 31.2 Å². The molecule has 1 fully saturated rings. The molecule has 2 heterocycles. The first-order valence-corrected chi connectivity index (χ1v) is 9.22. The van der Waals surface area contributed by atoms with E-state index >= 15 is 0 Å². The minimum absolute atomic E-state index is 0.241. The Kier molecular flexibility index (Phi) is 4.58. The molecule has 2 N–H and O–H groups in total. The van der Waals surface area contributed by atoms with Crippen LogP contribution in [0, 0.1) is 0 Å². The minimum Gasteiger partial charge on any atom is -0.368 e. The highest BCUT2D eigenvalue weighted by molar-refractivity contribution is 5.73. The standard InChI is InChI=1S/C18H24N6O2/c1-2-18(15-6-4-3-5-13(15)9-10-26-18)12-20-17(25)19-11-16-21-22-23-24(16)14-7-8-14/h3-6,14H,2,7-12H2,1H3,(H2,19,20,25). The molecule has 2 amide bonds. The highest BCUT2D eigenvalue weighted by Crippen LogP contribution is 2.35. The number of rotatable bonds is 6. The van der Waals surface area contributed by atoms with Crippen molar-refractivity contribution in [1.82, 2.24) is 30.8 Å². The number of ether oxygens (including phenoxy) is 1. The normalized spacial score (nSPS) is 21.9. The zero-order chi connectivity index (χ0) is 18.0. The average Bonchev–Trinajstić information content (AvgIpc) is 3.42. The van der Waals surface area contributed by atoms with E-state index in [0.717, 1.165) is 25.7 Å². The number of tetrazole rings is 1. The van der Waals surface area contributed by atoms with E-state index in [4.69, 9.17) is 4.74 Å². The van der Waals surface area contributed by atoms with E-state index < -0.39 is 5.60 Å². The third kappa shape index (κ3) is 3.29. The first-order valence-electron chi connectivity index (χ1n) is 9.22. The molecule has 138 valence electrons. The molecule has 0 radical (unpaired) electrons. The summed E-state index contributed by atoms with van der Waals surface area (Å²) in [5, 5.41) is 17.5. The molecule has 0 spiro atoms. The molecule has 4 rings (SSSR count). The number of aromatic nitrogens is 4. The van der Waals surface area contributed by atoms with Gasteiger partial charge in [0.05, 0.1) is 25.7 Å². The highest BCUT2D eigenvalue weighted by atomic mass is 16.5. The van der Waals surface area contributed by atoms with Crippen LogP contribution in [0.25, 0.3) is 0 Å². The molecular weight excluding hydrogens is 332 g/mol. The van der Waals surface area contributed by atoms with Crippen molar-refractivity contribution < 1.29 is 9.53 Å². The average molecular weight is 356 g/mol. The summed E-state index contributed by atoms with van der Waals surface area (Å²) in [5.41, 5.74) is 2.00. The fraction of sp³-hybridized carbons (Fsp3) is 0.556. The lowest BCUT2D eigenvalue weighted by molar-refractivity contribution is -0.0601. The number of nitrogens with one attached hydrogen (secondary N) is 2. The highest BCUT2D eigenvalue weighted by Gasteiger charge is 2.36. The number of hydrogen-bond donors (Lipinski definition) is 2. The molecule has 1 unspecified atom stereocenters. The number of fused-ring (bicyclic) bond motifs is 1. The zero-order valence-corrected chi connectivity index (χ0v) is 14.9. The van der Waals surface area contributed by atoms with Gasteiger partial charge in [0.1, 0.15) is 5.60 Å². The predicted octanol–water partition coefficient (Wildman–Crippen LogP) is 1.69. The molecule has 1 aliphatic heterocycles. The van der Waals surface area contributed by atoms with E-state index in [9.17, 15) is 4.79 Å². The second-order valence-electron chi connectivity index (χ2n) is 6.91. The van der Waals surface area contributed by atoms with E-state index in [1.807, 2.05) is 6.07 Å². The van der Waals surface area contributed by atoms with Gasteiger partial charge in [-0.15, -0.1) is 5.10 Å². The van der Waals surface area contributed by atoms with Crippen molar-refractivity contribution in [2.45, 2.75) is 50.8 Å². The fourth-order valence-corrected chi connectivity index (χ4v) is 3.56. The van der Waals surface area contributed by atoms with Crippen LogP contribution in [0.2, 0.25) is 0 Å². The topological polar surface area (TPSA) is 94.0 Å². The number of amides is 2. The molecule has 1 atom stereocenters. The summed E-state index contributed by atoms with van der Waals surface area (Å²) in [7, 11) is 0. The molecular formula is C18H24N6O2. The monoisotopic (exact) mass is 356 g/mol. The van der Waals surface area contributed by atoms with Gasteiger partial charge in [-0.05, 0) is 47.2 Å². The van der Waals surface area contributed by atoms with Gasteiger partial charge in [0.15, 0.2) is 5.82 Å². The number of urea groups is 1. The summed E-state index contributed by atoms with van der Waals surface area (Å²) in [6.07, 6.45) is 3.90. The van der Waals surface area contributed by atoms with E-state index in [-0.39, 0.29) is 6.03 Å². The molecule has 8 nitrogen and oxygen atoms in total. The number of benzene rings is 1. The summed E-state index contributed by atoms with van der Waals surface area (Å²) in [4.78, 5) is 12.3. The van der Waals surface area contributed by atoms with Gasteiger partial charge in [0, 0.05) is 0 Å². The Balaban J connectivity index is 1.37. The van der Waals surface area contributed by atoms with Gasteiger partial charge in [-0.3, -0.25) is 0 Å². The first kappa shape index (κ1) is 17.0. The number of carbonyl (C=O) groups excluding carboxylic acids is 1. The lowest BCUT2D eigenvalue weighted by Crippen LogP contribution is -2.48. The zero-order valence-electron chi connectivity index (χ0n) is 14.9. The SMILES string of the molecule is CCC1(CNC(=O)NCc2nnnn2C2CC2)OCCc2ccccc21. The van der Waals surface area contributed by atoms with Crippen molar-refractivity contribution in [2.75, 3.05) is 13.2 Å². The van der Waals surface area contributed by atoms with Crippen molar-refractivity contribution in [3.05, 3.63) is 41.2 Å². The van der Waals surface area contributed by atoms with Gasteiger partial charge >= 0.3 is 6.03 Å². The lowest BCUT2D eigenvalue weighted by Gasteiger charge is -2.38. The Labute approximate surface area is 152 Å². The Morgan fingerprint density at radius 2 is 2.19 bits per heavy atom. The van der Waals surface area contributed by atoms with Gasteiger partial charge in [0.25, 0.3) is 0 Å². The van der Waals surface area contributed by atoms with Gasteiger partial charge in [-0.2, -0.15) is 0 Å². The summed E-state index contributed by atoms with van der Waals surface area (Å²) in [6.45, 7) is 3.50. The van der Waals surface area contributed by atoms with Crippen LogP contribution in [0.1, 0.15) is 49.2 Å². The summed E-state index contributed by atoms with van der Waals surface area (Å²) < 4.78 is 7.92. The second kappa shape index (κ2) is 7.03. The van der Waals surface area contributed by atoms with Crippen LogP contribution in [0.15, 0.2) is 24.3 Å². The Hall–Kier alpha value is -2.48. The molecule has 26 heavy (non-hydrogen) atoms. The van der Waals surface area contributed by atoms with E-state index in [2.05, 4.69) is 51.3 Å². The molecule has 0 bridgehead atoms. The smallest absolute Gasteiger partial charge is 0.315 e. The maximum atomic E-state index is 12.3. The maximum Gasteiger partial charge on any atom is 0.315 e. The van der Waals surface area contributed by atoms with Crippen LogP contribution < -0.4 is 10.6 Å². The van der Waals surface area contributed by atoms with Crippen molar-refractivity contribution in [3.8, 4) is 0 Å². The maximum absolute atomic E-state index is 12.3. The lowest BCUT2D eigenvalue weighted by atomic mass is 9.84. The van der Waals surface area contributed by atoms with Crippen LogP contribution >= 0.6 is 0 Å².